The lowest BCUT2D eigenvalue weighted by Crippen LogP contribution is -2.07. The lowest BCUT2D eigenvalue weighted by Gasteiger charge is -2.09. The third-order valence-corrected chi connectivity index (χ3v) is 5.37. The van der Waals surface area contributed by atoms with Crippen molar-refractivity contribution < 1.29 is 5.11 Å². The topological polar surface area (TPSA) is 38.0 Å². The minimum absolute atomic E-state index is 0.396. The standard InChI is InChI=1S/C16H22N2OS/c1-3-18-13(8-11(2)17-18)10-14(19)16-9-12-6-4-5-7-15(12)20-16/h8-9,14,19H,3-7,10H2,1-2H3. The summed E-state index contributed by atoms with van der Waals surface area (Å²) in [4.78, 5) is 2.61. The molecule has 0 radical (unpaired) electrons. The lowest BCUT2D eigenvalue weighted by atomic mass is 9.98. The molecule has 0 saturated heterocycles. The number of aryl methyl sites for hydroxylation is 4. The van der Waals surface area contributed by atoms with Gasteiger partial charge in [0.05, 0.1) is 11.8 Å². The van der Waals surface area contributed by atoms with E-state index in [0.29, 0.717) is 6.42 Å². The van der Waals surface area contributed by atoms with E-state index >= 15 is 0 Å². The summed E-state index contributed by atoms with van der Waals surface area (Å²) in [6.07, 6.45) is 5.23. The molecule has 1 aliphatic carbocycles. The minimum Gasteiger partial charge on any atom is -0.387 e. The lowest BCUT2D eigenvalue weighted by molar-refractivity contribution is 0.179. The molecule has 0 spiro atoms. The second-order valence-electron chi connectivity index (χ2n) is 5.62. The molecule has 1 atom stereocenters. The van der Waals surface area contributed by atoms with E-state index in [9.17, 15) is 5.11 Å². The van der Waals surface area contributed by atoms with Gasteiger partial charge < -0.3 is 5.11 Å². The maximum absolute atomic E-state index is 10.5. The second-order valence-corrected chi connectivity index (χ2v) is 6.79. The van der Waals surface area contributed by atoms with Crippen LogP contribution in [0.25, 0.3) is 0 Å². The molecule has 2 aromatic rings. The van der Waals surface area contributed by atoms with Crippen LogP contribution in [0, 0.1) is 6.92 Å². The zero-order valence-corrected chi connectivity index (χ0v) is 13.0. The first-order chi connectivity index (χ1) is 9.67. The Kier molecular flexibility index (Phi) is 3.94. The van der Waals surface area contributed by atoms with Gasteiger partial charge in [-0.25, -0.2) is 0 Å². The monoisotopic (exact) mass is 290 g/mol. The third-order valence-electron chi connectivity index (χ3n) is 4.03. The Morgan fingerprint density at radius 3 is 2.90 bits per heavy atom. The zero-order valence-electron chi connectivity index (χ0n) is 12.2. The molecule has 4 heteroatoms. The smallest absolute Gasteiger partial charge is 0.0937 e. The highest BCUT2D eigenvalue weighted by molar-refractivity contribution is 7.12. The van der Waals surface area contributed by atoms with Gasteiger partial charge in [0.15, 0.2) is 0 Å². The zero-order chi connectivity index (χ0) is 14.1. The van der Waals surface area contributed by atoms with Crippen molar-refractivity contribution >= 4 is 11.3 Å². The molecule has 0 fully saturated rings. The second kappa shape index (κ2) is 5.70. The van der Waals surface area contributed by atoms with Crippen molar-refractivity contribution in [3.63, 3.8) is 0 Å². The Hall–Kier alpha value is -1.13. The van der Waals surface area contributed by atoms with Crippen LogP contribution in [0.4, 0.5) is 0 Å². The van der Waals surface area contributed by atoms with Crippen LogP contribution in [-0.4, -0.2) is 14.9 Å². The molecule has 20 heavy (non-hydrogen) atoms. The summed E-state index contributed by atoms with van der Waals surface area (Å²) in [7, 11) is 0. The van der Waals surface area contributed by atoms with Crippen molar-refractivity contribution in [1.82, 2.24) is 9.78 Å². The quantitative estimate of drug-likeness (QED) is 0.937. The molecule has 1 aliphatic rings. The average molecular weight is 290 g/mol. The average Bonchev–Trinajstić information content (AvgIpc) is 3.01. The van der Waals surface area contributed by atoms with Crippen LogP contribution in [0.1, 0.15) is 52.6 Å². The molecule has 0 saturated carbocycles. The van der Waals surface area contributed by atoms with Crippen LogP contribution in [0.5, 0.6) is 0 Å². The van der Waals surface area contributed by atoms with E-state index < -0.39 is 6.10 Å². The molecule has 3 rings (SSSR count). The van der Waals surface area contributed by atoms with Gasteiger partial charge in [-0.1, -0.05) is 0 Å². The van der Waals surface area contributed by atoms with Crippen molar-refractivity contribution in [2.24, 2.45) is 0 Å². The number of aliphatic hydroxyl groups excluding tert-OH is 1. The molecular weight excluding hydrogens is 268 g/mol. The van der Waals surface area contributed by atoms with E-state index in [-0.39, 0.29) is 0 Å². The molecular formula is C16H22N2OS. The van der Waals surface area contributed by atoms with Gasteiger partial charge in [0.25, 0.3) is 0 Å². The first-order valence-electron chi connectivity index (χ1n) is 7.50. The molecule has 0 aliphatic heterocycles. The van der Waals surface area contributed by atoms with E-state index in [1.54, 1.807) is 11.3 Å². The maximum Gasteiger partial charge on any atom is 0.0937 e. The Bertz CT molecular complexity index is 576. The van der Waals surface area contributed by atoms with Crippen LogP contribution in [-0.2, 0) is 25.8 Å². The summed E-state index contributed by atoms with van der Waals surface area (Å²) in [6, 6.07) is 4.31. The number of fused-ring (bicyclic) bond motifs is 1. The number of aromatic nitrogens is 2. The highest BCUT2D eigenvalue weighted by Crippen LogP contribution is 2.34. The van der Waals surface area contributed by atoms with Gasteiger partial charge in [-0.05, 0) is 57.2 Å². The van der Waals surface area contributed by atoms with E-state index in [2.05, 4.69) is 24.2 Å². The predicted molar refractivity (Wildman–Crippen MR) is 82.3 cm³/mol. The van der Waals surface area contributed by atoms with Gasteiger partial charge in [0, 0.05) is 28.4 Å². The number of rotatable bonds is 4. The first-order valence-corrected chi connectivity index (χ1v) is 8.32. The normalized spacial score (nSPS) is 16.1. The SMILES string of the molecule is CCn1nc(C)cc1CC(O)c1cc2c(s1)CCCC2. The van der Waals surface area contributed by atoms with Gasteiger partial charge in [-0.15, -0.1) is 11.3 Å². The van der Waals surface area contributed by atoms with Gasteiger partial charge in [0.2, 0.25) is 0 Å². The van der Waals surface area contributed by atoms with Crippen LogP contribution in [0.2, 0.25) is 0 Å². The molecule has 0 amide bonds. The minimum atomic E-state index is -0.396. The van der Waals surface area contributed by atoms with Crippen molar-refractivity contribution in [3.8, 4) is 0 Å². The molecule has 0 bridgehead atoms. The summed E-state index contributed by atoms with van der Waals surface area (Å²) in [5.74, 6) is 0. The van der Waals surface area contributed by atoms with Crippen molar-refractivity contribution in [2.45, 2.75) is 58.6 Å². The number of hydrogen-bond donors (Lipinski definition) is 1. The number of hydrogen-bond acceptors (Lipinski definition) is 3. The summed E-state index contributed by atoms with van der Waals surface area (Å²) >= 11 is 1.80. The fourth-order valence-electron chi connectivity index (χ4n) is 3.01. The Labute approximate surface area is 124 Å². The fourth-order valence-corrected chi connectivity index (χ4v) is 4.26. The van der Waals surface area contributed by atoms with Crippen LogP contribution in [0.3, 0.4) is 0 Å². The van der Waals surface area contributed by atoms with E-state index in [4.69, 9.17) is 0 Å². The molecule has 1 N–H and O–H groups in total. The Balaban J connectivity index is 1.78. The Morgan fingerprint density at radius 1 is 1.35 bits per heavy atom. The van der Waals surface area contributed by atoms with E-state index in [1.165, 1.54) is 36.1 Å². The van der Waals surface area contributed by atoms with Crippen molar-refractivity contribution in [3.05, 3.63) is 38.8 Å². The van der Waals surface area contributed by atoms with Gasteiger partial charge in [-0.2, -0.15) is 5.10 Å². The first kappa shape index (κ1) is 13.8. The highest BCUT2D eigenvalue weighted by Gasteiger charge is 2.19. The highest BCUT2D eigenvalue weighted by atomic mass is 32.1. The number of aliphatic hydroxyl groups is 1. The molecule has 2 heterocycles. The summed E-state index contributed by atoms with van der Waals surface area (Å²) < 4.78 is 1.99. The number of thiophene rings is 1. The fraction of sp³-hybridized carbons (Fsp3) is 0.562. The predicted octanol–water partition coefficient (Wildman–Crippen LogP) is 3.43. The van der Waals surface area contributed by atoms with Crippen molar-refractivity contribution in [1.29, 1.82) is 0 Å². The molecule has 2 aromatic heterocycles. The summed E-state index contributed by atoms with van der Waals surface area (Å²) in [5, 5.41) is 15.0. The molecule has 3 nitrogen and oxygen atoms in total. The molecule has 1 unspecified atom stereocenters. The van der Waals surface area contributed by atoms with E-state index in [0.717, 1.165) is 22.8 Å². The summed E-state index contributed by atoms with van der Waals surface area (Å²) in [6.45, 7) is 4.95. The summed E-state index contributed by atoms with van der Waals surface area (Å²) in [5.41, 5.74) is 3.62. The van der Waals surface area contributed by atoms with Crippen LogP contribution in [0.15, 0.2) is 12.1 Å². The largest absolute Gasteiger partial charge is 0.387 e. The van der Waals surface area contributed by atoms with Gasteiger partial charge in [-0.3, -0.25) is 4.68 Å². The van der Waals surface area contributed by atoms with E-state index in [1.807, 2.05) is 11.6 Å². The van der Waals surface area contributed by atoms with Crippen molar-refractivity contribution in [2.75, 3.05) is 0 Å². The van der Waals surface area contributed by atoms with Crippen LogP contribution < -0.4 is 0 Å². The third kappa shape index (κ3) is 2.67. The Morgan fingerprint density at radius 2 is 2.15 bits per heavy atom. The molecule has 0 aromatic carbocycles. The maximum atomic E-state index is 10.5. The van der Waals surface area contributed by atoms with Gasteiger partial charge >= 0.3 is 0 Å². The number of nitrogens with zero attached hydrogens (tertiary/aromatic N) is 2. The van der Waals surface area contributed by atoms with Gasteiger partial charge in [0.1, 0.15) is 0 Å². The van der Waals surface area contributed by atoms with Crippen LogP contribution >= 0.6 is 11.3 Å². The molecule has 108 valence electrons.